The van der Waals surface area contributed by atoms with E-state index in [2.05, 4.69) is 9.72 Å². The van der Waals surface area contributed by atoms with Crippen LogP contribution >= 0.6 is 0 Å². The normalized spacial score (nSPS) is 15.9. The number of nitriles is 1. The van der Waals surface area contributed by atoms with Crippen LogP contribution in [0.3, 0.4) is 0 Å². The van der Waals surface area contributed by atoms with Gasteiger partial charge in [-0.05, 0) is 36.4 Å². The van der Waals surface area contributed by atoms with Crippen LogP contribution in [0.5, 0.6) is 5.75 Å². The summed E-state index contributed by atoms with van der Waals surface area (Å²) in [6, 6.07) is 9.39. The van der Waals surface area contributed by atoms with Gasteiger partial charge in [0.05, 0.1) is 16.8 Å². The van der Waals surface area contributed by atoms with Crippen LogP contribution in [0.25, 0.3) is 0 Å². The van der Waals surface area contributed by atoms with Gasteiger partial charge in [0.15, 0.2) is 0 Å². The van der Waals surface area contributed by atoms with Gasteiger partial charge in [-0.2, -0.15) is 9.57 Å². The molecule has 1 aliphatic heterocycles. The summed E-state index contributed by atoms with van der Waals surface area (Å²) in [6.07, 6.45) is -3.28. The van der Waals surface area contributed by atoms with Gasteiger partial charge in [0.2, 0.25) is 10.0 Å². The average Bonchev–Trinajstić information content (AvgIpc) is 2.67. The van der Waals surface area contributed by atoms with Crippen molar-refractivity contribution in [2.75, 3.05) is 31.1 Å². The number of anilines is 1. The van der Waals surface area contributed by atoms with Gasteiger partial charge in [0.25, 0.3) is 0 Å². The Balaban J connectivity index is 1.66. The minimum Gasteiger partial charge on any atom is -0.406 e. The zero-order valence-electron chi connectivity index (χ0n) is 14.4. The topological polar surface area (TPSA) is 86.5 Å². The molecule has 1 fully saturated rings. The van der Waals surface area contributed by atoms with E-state index in [1.807, 2.05) is 11.0 Å². The number of rotatable bonds is 4. The molecule has 0 unspecified atom stereocenters. The molecule has 1 saturated heterocycles. The second-order valence-corrected chi connectivity index (χ2v) is 7.86. The fourth-order valence-corrected chi connectivity index (χ4v) is 4.21. The van der Waals surface area contributed by atoms with Crippen LogP contribution in [0, 0.1) is 11.3 Å². The van der Waals surface area contributed by atoms with Crippen LogP contribution in [0.1, 0.15) is 5.69 Å². The summed E-state index contributed by atoms with van der Waals surface area (Å²) in [5.41, 5.74) is 1.08. The van der Waals surface area contributed by atoms with E-state index in [9.17, 15) is 21.6 Å². The predicted octanol–water partition coefficient (Wildman–Crippen LogP) is 2.36. The van der Waals surface area contributed by atoms with Crippen molar-refractivity contribution in [2.24, 2.45) is 0 Å². The van der Waals surface area contributed by atoms with E-state index in [-0.39, 0.29) is 18.0 Å². The van der Waals surface area contributed by atoms with Crippen LogP contribution in [0.4, 0.5) is 18.9 Å². The number of hydrogen-bond acceptors (Lipinski definition) is 6. The Kier molecular flexibility index (Phi) is 5.44. The molecule has 0 radical (unpaired) electrons. The lowest BCUT2D eigenvalue weighted by Crippen LogP contribution is -2.48. The van der Waals surface area contributed by atoms with Gasteiger partial charge in [-0.1, -0.05) is 0 Å². The Morgan fingerprint density at radius 1 is 1.04 bits per heavy atom. The number of sulfonamides is 1. The lowest BCUT2D eigenvalue weighted by atomic mass is 10.3. The predicted molar refractivity (Wildman–Crippen MR) is 93.0 cm³/mol. The molecule has 1 aromatic carbocycles. The molecule has 0 N–H and O–H groups in total. The van der Waals surface area contributed by atoms with Crippen LogP contribution < -0.4 is 9.64 Å². The fourth-order valence-electron chi connectivity index (χ4n) is 2.79. The molecule has 0 aliphatic carbocycles. The van der Waals surface area contributed by atoms with Crippen LogP contribution in [-0.4, -0.2) is 50.2 Å². The second kappa shape index (κ2) is 7.65. The largest absolute Gasteiger partial charge is 0.573 e. The van der Waals surface area contributed by atoms with E-state index in [0.29, 0.717) is 18.8 Å². The molecule has 2 heterocycles. The Hall–Kier alpha value is -2.84. The maximum atomic E-state index is 12.7. The summed E-state index contributed by atoms with van der Waals surface area (Å²) < 4.78 is 67.1. The Morgan fingerprint density at radius 3 is 2.18 bits per heavy atom. The summed E-state index contributed by atoms with van der Waals surface area (Å²) in [6.45, 7) is 1.26. The molecule has 0 saturated carbocycles. The molecule has 3 rings (SSSR count). The highest BCUT2D eigenvalue weighted by atomic mass is 32.2. The van der Waals surface area contributed by atoms with Crippen LogP contribution in [0.2, 0.25) is 0 Å². The van der Waals surface area contributed by atoms with E-state index >= 15 is 0 Å². The molecule has 28 heavy (non-hydrogen) atoms. The summed E-state index contributed by atoms with van der Waals surface area (Å²) in [7, 11) is -3.83. The first kappa shape index (κ1) is 19.9. The highest BCUT2D eigenvalue weighted by Crippen LogP contribution is 2.26. The first-order valence-electron chi connectivity index (χ1n) is 8.16. The lowest BCUT2D eigenvalue weighted by molar-refractivity contribution is -0.274. The Bertz CT molecular complexity index is 963. The van der Waals surface area contributed by atoms with Gasteiger partial charge in [-0.25, -0.2) is 13.4 Å². The quantitative estimate of drug-likeness (QED) is 0.766. The summed E-state index contributed by atoms with van der Waals surface area (Å²) in [4.78, 5) is 5.84. The second-order valence-electron chi connectivity index (χ2n) is 5.92. The van der Waals surface area contributed by atoms with Gasteiger partial charge in [0.1, 0.15) is 17.5 Å². The average molecular weight is 412 g/mol. The number of aromatic nitrogens is 1. The molecule has 148 valence electrons. The van der Waals surface area contributed by atoms with Crippen molar-refractivity contribution in [3.63, 3.8) is 0 Å². The molecule has 0 spiro atoms. The molecular formula is C17H15F3N4O3S. The zero-order chi connectivity index (χ0) is 20.4. The van der Waals surface area contributed by atoms with E-state index in [4.69, 9.17) is 5.26 Å². The maximum Gasteiger partial charge on any atom is 0.573 e. The number of piperazine rings is 1. The highest BCUT2D eigenvalue weighted by Gasteiger charge is 2.32. The Labute approximate surface area is 159 Å². The van der Waals surface area contributed by atoms with Gasteiger partial charge in [0, 0.05) is 26.2 Å². The molecule has 0 bridgehead atoms. The van der Waals surface area contributed by atoms with Crippen molar-refractivity contribution in [2.45, 2.75) is 11.3 Å². The van der Waals surface area contributed by atoms with Gasteiger partial charge >= 0.3 is 6.36 Å². The van der Waals surface area contributed by atoms with Gasteiger partial charge in [-0.3, -0.25) is 0 Å². The first-order chi connectivity index (χ1) is 13.2. The van der Waals surface area contributed by atoms with E-state index < -0.39 is 22.1 Å². The molecular weight excluding hydrogens is 397 g/mol. The van der Waals surface area contributed by atoms with Crippen molar-refractivity contribution >= 4 is 15.7 Å². The van der Waals surface area contributed by atoms with Crippen molar-refractivity contribution < 1.29 is 26.3 Å². The number of ether oxygens (including phenoxy) is 1. The van der Waals surface area contributed by atoms with E-state index in [0.717, 1.165) is 30.0 Å². The van der Waals surface area contributed by atoms with Crippen molar-refractivity contribution in [3.8, 4) is 11.8 Å². The van der Waals surface area contributed by atoms with Crippen molar-refractivity contribution in [1.29, 1.82) is 5.26 Å². The number of alkyl halides is 3. The zero-order valence-corrected chi connectivity index (χ0v) is 15.2. The highest BCUT2D eigenvalue weighted by molar-refractivity contribution is 7.89. The maximum absolute atomic E-state index is 12.7. The SMILES string of the molecule is N#Cc1ccc(N2CCN(S(=O)(=O)c3ccc(OC(F)(F)F)cc3)CC2)cn1. The van der Waals surface area contributed by atoms with Crippen molar-refractivity contribution in [1.82, 2.24) is 9.29 Å². The van der Waals surface area contributed by atoms with Crippen LogP contribution in [-0.2, 0) is 10.0 Å². The number of halogens is 3. The molecule has 0 atom stereocenters. The van der Waals surface area contributed by atoms with Gasteiger partial charge < -0.3 is 9.64 Å². The molecule has 1 aromatic heterocycles. The smallest absolute Gasteiger partial charge is 0.406 e. The minimum absolute atomic E-state index is 0.101. The third-order valence-corrected chi connectivity index (χ3v) is 6.07. The molecule has 11 heteroatoms. The van der Waals surface area contributed by atoms with Gasteiger partial charge in [-0.15, -0.1) is 13.2 Å². The van der Waals surface area contributed by atoms with Crippen LogP contribution in [0.15, 0.2) is 47.5 Å². The molecule has 2 aromatic rings. The van der Waals surface area contributed by atoms with Crippen molar-refractivity contribution in [3.05, 3.63) is 48.3 Å². The summed E-state index contributed by atoms with van der Waals surface area (Å²) in [5, 5.41) is 8.78. The fraction of sp³-hybridized carbons (Fsp3) is 0.294. The standard InChI is InChI=1S/C17H15F3N4O3S/c18-17(19,20)27-15-3-5-16(6-4-15)28(25,26)24-9-7-23(8-10-24)14-2-1-13(11-21)22-12-14/h1-6,12H,7-10H2. The third-order valence-electron chi connectivity index (χ3n) is 4.16. The summed E-state index contributed by atoms with van der Waals surface area (Å²) in [5.74, 6) is -0.482. The minimum atomic E-state index is -4.84. The Morgan fingerprint density at radius 2 is 1.68 bits per heavy atom. The summed E-state index contributed by atoms with van der Waals surface area (Å²) >= 11 is 0. The third kappa shape index (κ3) is 4.52. The lowest BCUT2D eigenvalue weighted by Gasteiger charge is -2.35. The first-order valence-corrected chi connectivity index (χ1v) is 9.60. The van der Waals surface area contributed by atoms with E-state index in [1.54, 1.807) is 18.3 Å². The molecule has 0 amide bonds. The number of nitrogens with zero attached hydrogens (tertiary/aromatic N) is 4. The van der Waals surface area contributed by atoms with E-state index in [1.165, 1.54) is 4.31 Å². The number of benzene rings is 1. The monoisotopic (exact) mass is 412 g/mol. The molecule has 7 nitrogen and oxygen atoms in total. The molecule has 1 aliphatic rings. The number of pyridine rings is 1. The number of hydrogen-bond donors (Lipinski definition) is 0.